The van der Waals surface area contributed by atoms with E-state index in [1.54, 1.807) is 0 Å². The van der Waals surface area contributed by atoms with Crippen LogP contribution in [0, 0.1) is 6.92 Å². The van der Waals surface area contributed by atoms with E-state index in [1.807, 2.05) is 49.4 Å². The van der Waals surface area contributed by atoms with E-state index in [1.165, 1.54) is 0 Å². The first kappa shape index (κ1) is 15.1. The molecule has 20 heavy (non-hydrogen) atoms. The summed E-state index contributed by atoms with van der Waals surface area (Å²) in [6, 6.07) is 13.1. The van der Waals surface area contributed by atoms with Crippen LogP contribution in [0.3, 0.4) is 0 Å². The quantitative estimate of drug-likeness (QED) is 0.821. The lowest BCUT2D eigenvalue weighted by Gasteiger charge is -2.09. The number of hydrogen-bond donors (Lipinski definition) is 1. The molecule has 0 bridgehead atoms. The molecule has 0 aliphatic rings. The zero-order valence-electron chi connectivity index (χ0n) is 10.8. The van der Waals surface area contributed by atoms with Crippen molar-refractivity contribution in [1.29, 1.82) is 0 Å². The summed E-state index contributed by atoms with van der Waals surface area (Å²) in [5, 5.41) is 2.79. The van der Waals surface area contributed by atoms with Gasteiger partial charge in [0.1, 0.15) is 5.75 Å². The summed E-state index contributed by atoms with van der Waals surface area (Å²) in [4.78, 5) is 11.8. The lowest BCUT2D eigenvalue weighted by atomic mass is 10.2. The molecule has 0 aliphatic carbocycles. The molecule has 0 heterocycles. The first-order chi connectivity index (χ1) is 9.54. The highest BCUT2D eigenvalue weighted by Crippen LogP contribution is 2.26. The van der Waals surface area contributed by atoms with Gasteiger partial charge in [0.2, 0.25) is 0 Å². The number of benzene rings is 2. The Bertz CT molecular complexity index is 629. The van der Waals surface area contributed by atoms with Crippen molar-refractivity contribution in [2.24, 2.45) is 0 Å². The van der Waals surface area contributed by atoms with Crippen LogP contribution in [0.25, 0.3) is 0 Å². The average molecular weight is 399 g/mol. The molecule has 104 valence electrons. The van der Waals surface area contributed by atoms with Crippen LogP contribution in [0.1, 0.15) is 5.56 Å². The number of hydrogen-bond acceptors (Lipinski definition) is 2. The molecular formula is C15H13Br2NO2. The normalized spacial score (nSPS) is 10.2. The minimum atomic E-state index is -0.200. The Morgan fingerprint density at radius 3 is 2.70 bits per heavy atom. The molecule has 2 aromatic carbocycles. The smallest absolute Gasteiger partial charge is 0.262 e. The van der Waals surface area contributed by atoms with Crippen LogP contribution in [0.2, 0.25) is 0 Å². The first-order valence-electron chi connectivity index (χ1n) is 5.99. The second-order valence-corrected chi connectivity index (χ2v) is 6.05. The highest BCUT2D eigenvalue weighted by atomic mass is 79.9. The maximum Gasteiger partial charge on any atom is 0.262 e. The van der Waals surface area contributed by atoms with Gasteiger partial charge in [-0.15, -0.1) is 0 Å². The summed E-state index contributed by atoms with van der Waals surface area (Å²) >= 11 is 6.76. The van der Waals surface area contributed by atoms with E-state index in [4.69, 9.17) is 4.74 Å². The van der Waals surface area contributed by atoms with Crippen LogP contribution in [0.4, 0.5) is 5.69 Å². The molecule has 2 aromatic rings. The van der Waals surface area contributed by atoms with Crippen molar-refractivity contribution in [2.75, 3.05) is 11.9 Å². The SMILES string of the molecule is Cc1cccc(OCC(=O)Nc2ccc(Br)cc2Br)c1. The molecule has 0 saturated carbocycles. The van der Waals surface area contributed by atoms with Crippen LogP contribution < -0.4 is 10.1 Å². The van der Waals surface area contributed by atoms with Crippen LogP contribution in [-0.2, 0) is 4.79 Å². The van der Waals surface area contributed by atoms with Gasteiger partial charge in [0, 0.05) is 8.95 Å². The highest BCUT2D eigenvalue weighted by Gasteiger charge is 2.07. The van der Waals surface area contributed by atoms with E-state index in [0.717, 1.165) is 14.5 Å². The lowest BCUT2D eigenvalue weighted by Crippen LogP contribution is -2.20. The standard InChI is InChI=1S/C15H13Br2NO2/c1-10-3-2-4-12(7-10)20-9-15(19)18-14-6-5-11(16)8-13(14)17/h2-8H,9H2,1H3,(H,18,19). The van der Waals surface area contributed by atoms with E-state index < -0.39 is 0 Å². The summed E-state index contributed by atoms with van der Waals surface area (Å²) < 4.78 is 7.21. The molecule has 0 radical (unpaired) electrons. The second kappa shape index (κ2) is 6.90. The number of rotatable bonds is 4. The minimum absolute atomic E-state index is 0.0219. The number of anilines is 1. The fourth-order valence-corrected chi connectivity index (χ4v) is 2.78. The van der Waals surface area contributed by atoms with Gasteiger partial charge in [0.15, 0.2) is 6.61 Å². The molecule has 3 nitrogen and oxygen atoms in total. The fraction of sp³-hybridized carbons (Fsp3) is 0.133. The van der Waals surface area contributed by atoms with E-state index in [2.05, 4.69) is 37.2 Å². The van der Waals surface area contributed by atoms with E-state index in [0.29, 0.717) is 11.4 Å². The third-order valence-electron chi connectivity index (χ3n) is 2.56. The zero-order chi connectivity index (χ0) is 14.5. The third-order valence-corrected chi connectivity index (χ3v) is 3.71. The molecule has 0 spiro atoms. The average Bonchev–Trinajstić information content (AvgIpc) is 2.40. The van der Waals surface area contributed by atoms with Crippen LogP contribution in [-0.4, -0.2) is 12.5 Å². The number of carbonyl (C=O) groups is 1. The lowest BCUT2D eigenvalue weighted by molar-refractivity contribution is -0.118. The number of carbonyl (C=O) groups excluding carboxylic acids is 1. The maximum absolute atomic E-state index is 11.8. The van der Waals surface area contributed by atoms with Crippen LogP contribution in [0.15, 0.2) is 51.4 Å². The summed E-state index contributed by atoms with van der Waals surface area (Å²) in [7, 11) is 0. The molecule has 0 aromatic heterocycles. The molecular weight excluding hydrogens is 386 g/mol. The van der Waals surface area contributed by atoms with Crippen molar-refractivity contribution >= 4 is 43.5 Å². The van der Waals surface area contributed by atoms with Crippen molar-refractivity contribution in [2.45, 2.75) is 6.92 Å². The minimum Gasteiger partial charge on any atom is -0.484 e. The van der Waals surface area contributed by atoms with Crippen molar-refractivity contribution < 1.29 is 9.53 Å². The zero-order valence-corrected chi connectivity index (χ0v) is 14.0. The predicted octanol–water partition coefficient (Wildman–Crippen LogP) is 4.54. The van der Waals surface area contributed by atoms with Crippen LogP contribution in [0.5, 0.6) is 5.75 Å². The second-order valence-electron chi connectivity index (χ2n) is 4.28. The fourth-order valence-electron chi connectivity index (χ4n) is 1.63. The molecule has 0 aliphatic heterocycles. The largest absolute Gasteiger partial charge is 0.484 e. The van der Waals surface area contributed by atoms with Gasteiger partial charge < -0.3 is 10.1 Å². The third kappa shape index (κ3) is 4.35. The number of ether oxygens (including phenoxy) is 1. The Kier molecular flexibility index (Phi) is 5.20. The first-order valence-corrected chi connectivity index (χ1v) is 7.57. The molecule has 0 atom stereocenters. The van der Waals surface area contributed by atoms with Gasteiger partial charge in [0.25, 0.3) is 5.91 Å². The van der Waals surface area contributed by atoms with Gasteiger partial charge in [-0.1, -0.05) is 28.1 Å². The Morgan fingerprint density at radius 1 is 1.20 bits per heavy atom. The van der Waals surface area contributed by atoms with Gasteiger partial charge in [-0.25, -0.2) is 0 Å². The van der Waals surface area contributed by atoms with E-state index in [-0.39, 0.29) is 12.5 Å². The number of nitrogens with one attached hydrogen (secondary N) is 1. The molecule has 0 fully saturated rings. The molecule has 1 amide bonds. The van der Waals surface area contributed by atoms with Gasteiger partial charge in [0.05, 0.1) is 5.69 Å². The van der Waals surface area contributed by atoms with Crippen molar-refractivity contribution in [3.63, 3.8) is 0 Å². The van der Waals surface area contributed by atoms with Crippen molar-refractivity contribution in [3.8, 4) is 5.75 Å². The number of halogens is 2. The van der Waals surface area contributed by atoms with E-state index >= 15 is 0 Å². The monoisotopic (exact) mass is 397 g/mol. The molecule has 1 N–H and O–H groups in total. The Labute approximate surface area is 134 Å². The molecule has 0 unspecified atom stereocenters. The predicted molar refractivity (Wildman–Crippen MR) is 87.1 cm³/mol. The van der Waals surface area contributed by atoms with Crippen molar-refractivity contribution in [3.05, 3.63) is 57.0 Å². The maximum atomic E-state index is 11.8. The van der Waals surface area contributed by atoms with Gasteiger partial charge in [-0.05, 0) is 58.7 Å². The van der Waals surface area contributed by atoms with E-state index in [9.17, 15) is 4.79 Å². The molecule has 0 saturated heterocycles. The van der Waals surface area contributed by atoms with Gasteiger partial charge in [-0.3, -0.25) is 4.79 Å². The summed E-state index contributed by atoms with van der Waals surface area (Å²) in [6.45, 7) is 1.96. The topological polar surface area (TPSA) is 38.3 Å². The Balaban J connectivity index is 1.92. The Hall–Kier alpha value is -1.33. The van der Waals surface area contributed by atoms with Crippen molar-refractivity contribution in [1.82, 2.24) is 0 Å². The summed E-state index contributed by atoms with van der Waals surface area (Å²) in [5.74, 6) is 0.490. The van der Waals surface area contributed by atoms with Crippen LogP contribution >= 0.6 is 31.9 Å². The summed E-state index contributed by atoms with van der Waals surface area (Å²) in [6.07, 6.45) is 0. The molecule has 2 rings (SSSR count). The summed E-state index contributed by atoms with van der Waals surface area (Å²) in [5.41, 5.74) is 1.81. The van der Waals surface area contributed by atoms with Gasteiger partial charge >= 0.3 is 0 Å². The van der Waals surface area contributed by atoms with Gasteiger partial charge in [-0.2, -0.15) is 0 Å². The highest BCUT2D eigenvalue weighted by molar-refractivity contribution is 9.11. The number of amides is 1. The Morgan fingerprint density at radius 2 is 2.00 bits per heavy atom. The number of aryl methyl sites for hydroxylation is 1. The molecule has 5 heteroatoms.